The number of aromatic amines is 1. The average Bonchev–Trinajstić information content (AvgIpc) is 3.64. The monoisotopic (exact) mass is 482 g/mol. The highest BCUT2D eigenvalue weighted by atomic mass is 19.1. The summed E-state index contributed by atoms with van der Waals surface area (Å²) >= 11 is 0. The van der Waals surface area contributed by atoms with Crippen LogP contribution in [-0.4, -0.2) is 52.1 Å². The minimum Gasteiger partial charge on any atom is -0.483 e. The van der Waals surface area contributed by atoms with Crippen molar-refractivity contribution in [2.45, 2.75) is 43.6 Å². The molecule has 3 atom stereocenters. The molecule has 0 spiro atoms. The highest BCUT2D eigenvalue weighted by Gasteiger charge is 2.46. The molecule has 3 aromatic rings. The quantitative estimate of drug-likeness (QED) is 0.364. The second-order valence-electron chi connectivity index (χ2n) is 9.39. The molecule has 4 N–H and O–H groups in total. The van der Waals surface area contributed by atoms with E-state index in [1.165, 1.54) is 12.3 Å². The number of pyridine rings is 1. The van der Waals surface area contributed by atoms with Crippen LogP contribution in [0, 0.1) is 11.7 Å². The first kappa shape index (κ1) is 23.5. The maximum atomic E-state index is 14.9. The molecule has 35 heavy (non-hydrogen) atoms. The third-order valence-corrected chi connectivity index (χ3v) is 6.72. The SMILES string of the molecule is O=C(OCc1ccccc1)c1c[nH]c2c(OC(C3CC3)[C@@H]3C[C@@](O)(CO)CN3)c(F)ccc2c1=O. The van der Waals surface area contributed by atoms with Gasteiger partial charge in [0.1, 0.15) is 23.9 Å². The highest BCUT2D eigenvalue weighted by Crippen LogP contribution is 2.40. The number of esters is 1. The number of ether oxygens (including phenoxy) is 2. The van der Waals surface area contributed by atoms with E-state index in [4.69, 9.17) is 9.47 Å². The summed E-state index contributed by atoms with van der Waals surface area (Å²) in [5, 5.41) is 23.2. The van der Waals surface area contributed by atoms with Crippen LogP contribution in [0.5, 0.6) is 5.75 Å². The summed E-state index contributed by atoms with van der Waals surface area (Å²) in [6, 6.07) is 11.3. The van der Waals surface area contributed by atoms with Gasteiger partial charge in [-0.25, -0.2) is 9.18 Å². The number of fused-ring (bicyclic) bond motifs is 1. The molecule has 1 aliphatic carbocycles. The van der Waals surface area contributed by atoms with E-state index in [0.29, 0.717) is 0 Å². The van der Waals surface area contributed by atoms with Crippen molar-refractivity contribution in [3.63, 3.8) is 0 Å². The number of β-amino-alcohol motifs (C(OH)–C–C–N with tert-alkyl or cyclic N) is 1. The third-order valence-electron chi connectivity index (χ3n) is 6.72. The molecular formula is C26H27FN2O6. The summed E-state index contributed by atoms with van der Waals surface area (Å²) in [6.45, 7) is -0.149. The molecule has 2 heterocycles. The summed E-state index contributed by atoms with van der Waals surface area (Å²) in [6.07, 6.45) is 2.84. The van der Waals surface area contributed by atoms with Crippen LogP contribution >= 0.6 is 0 Å². The molecule has 1 aromatic heterocycles. The Kier molecular flexibility index (Phi) is 6.31. The lowest BCUT2D eigenvalue weighted by molar-refractivity contribution is -0.00293. The number of aliphatic hydroxyl groups is 2. The molecule has 1 saturated heterocycles. The molecule has 0 radical (unpaired) electrons. The Labute approximate surface area is 200 Å². The van der Waals surface area contributed by atoms with Crippen molar-refractivity contribution in [1.82, 2.24) is 10.3 Å². The van der Waals surface area contributed by atoms with E-state index in [1.807, 2.05) is 18.2 Å². The molecule has 1 unspecified atom stereocenters. The van der Waals surface area contributed by atoms with Crippen molar-refractivity contribution >= 4 is 16.9 Å². The van der Waals surface area contributed by atoms with Gasteiger partial charge in [-0.1, -0.05) is 30.3 Å². The molecule has 0 bridgehead atoms. The van der Waals surface area contributed by atoms with Gasteiger partial charge in [-0.2, -0.15) is 0 Å². The number of hydrogen-bond donors (Lipinski definition) is 4. The number of aliphatic hydroxyl groups excluding tert-OH is 1. The molecule has 5 rings (SSSR count). The summed E-state index contributed by atoms with van der Waals surface area (Å²) in [5.41, 5.74) is -1.08. The second kappa shape index (κ2) is 9.41. The molecule has 2 aromatic carbocycles. The maximum absolute atomic E-state index is 14.9. The zero-order chi connectivity index (χ0) is 24.6. The van der Waals surface area contributed by atoms with Gasteiger partial charge in [-0.3, -0.25) is 4.79 Å². The first-order valence-corrected chi connectivity index (χ1v) is 11.7. The van der Waals surface area contributed by atoms with Crippen LogP contribution in [-0.2, 0) is 11.3 Å². The molecule has 1 saturated carbocycles. The molecule has 184 valence electrons. The number of aromatic nitrogens is 1. The van der Waals surface area contributed by atoms with Crippen LogP contribution in [0.3, 0.4) is 0 Å². The number of H-pyrrole nitrogens is 1. The van der Waals surface area contributed by atoms with Gasteiger partial charge in [0.2, 0.25) is 5.43 Å². The van der Waals surface area contributed by atoms with Crippen LogP contribution in [0.2, 0.25) is 0 Å². The zero-order valence-corrected chi connectivity index (χ0v) is 19.0. The van der Waals surface area contributed by atoms with Gasteiger partial charge in [0.05, 0.1) is 17.5 Å². The van der Waals surface area contributed by atoms with Gasteiger partial charge in [-0.15, -0.1) is 0 Å². The minimum atomic E-state index is -1.25. The normalized spacial score (nSPS) is 22.8. The predicted octanol–water partition coefficient (Wildman–Crippen LogP) is 2.27. The van der Waals surface area contributed by atoms with Crippen LogP contribution in [0.4, 0.5) is 4.39 Å². The van der Waals surface area contributed by atoms with Crippen LogP contribution in [0.25, 0.3) is 10.9 Å². The fourth-order valence-electron chi connectivity index (χ4n) is 4.61. The van der Waals surface area contributed by atoms with Crippen molar-refractivity contribution in [3.05, 3.63) is 75.8 Å². The number of carbonyl (C=O) groups excluding carboxylic acids is 1. The Morgan fingerprint density at radius 3 is 2.66 bits per heavy atom. The number of nitrogens with one attached hydrogen (secondary N) is 2. The maximum Gasteiger partial charge on any atom is 0.343 e. The van der Waals surface area contributed by atoms with E-state index in [-0.39, 0.29) is 60.4 Å². The van der Waals surface area contributed by atoms with Crippen molar-refractivity contribution in [1.29, 1.82) is 0 Å². The van der Waals surface area contributed by atoms with Gasteiger partial charge in [-0.05, 0) is 42.9 Å². The third kappa shape index (κ3) is 4.80. The van der Waals surface area contributed by atoms with Crippen molar-refractivity contribution in [2.75, 3.05) is 13.2 Å². The summed E-state index contributed by atoms with van der Waals surface area (Å²) in [4.78, 5) is 28.5. The number of halogens is 1. The molecule has 0 amide bonds. The number of hydrogen-bond acceptors (Lipinski definition) is 7. The van der Waals surface area contributed by atoms with Crippen LogP contribution in [0.1, 0.15) is 35.2 Å². The number of carbonyl (C=O) groups is 1. The fraction of sp³-hybridized carbons (Fsp3) is 0.385. The van der Waals surface area contributed by atoms with E-state index in [0.717, 1.165) is 24.5 Å². The van der Waals surface area contributed by atoms with E-state index in [9.17, 15) is 24.2 Å². The van der Waals surface area contributed by atoms with Crippen LogP contribution < -0.4 is 15.5 Å². The summed E-state index contributed by atoms with van der Waals surface area (Å²) in [7, 11) is 0. The molecule has 2 aliphatic rings. The van der Waals surface area contributed by atoms with Gasteiger partial charge in [0, 0.05) is 18.8 Å². The van der Waals surface area contributed by atoms with Crippen molar-refractivity contribution < 1.29 is 28.9 Å². The van der Waals surface area contributed by atoms with E-state index in [2.05, 4.69) is 10.3 Å². The molecular weight excluding hydrogens is 455 g/mol. The Hall–Kier alpha value is -3.27. The second-order valence-corrected chi connectivity index (χ2v) is 9.39. The minimum absolute atomic E-state index is 0.0204. The lowest BCUT2D eigenvalue weighted by Crippen LogP contribution is -2.40. The summed E-state index contributed by atoms with van der Waals surface area (Å²) < 4.78 is 26.4. The lowest BCUT2D eigenvalue weighted by atomic mass is 9.96. The highest BCUT2D eigenvalue weighted by molar-refractivity contribution is 5.95. The lowest BCUT2D eigenvalue weighted by Gasteiger charge is -2.26. The van der Waals surface area contributed by atoms with Gasteiger partial charge in [0.15, 0.2) is 11.6 Å². The van der Waals surface area contributed by atoms with Crippen molar-refractivity contribution in [2.24, 2.45) is 5.92 Å². The van der Waals surface area contributed by atoms with Crippen molar-refractivity contribution in [3.8, 4) is 5.75 Å². The van der Waals surface area contributed by atoms with E-state index in [1.54, 1.807) is 12.1 Å². The summed E-state index contributed by atoms with van der Waals surface area (Å²) in [5.74, 6) is -1.36. The van der Waals surface area contributed by atoms with Crippen LogP contribution in [0.15, 0.2) is 53.5 Å². The smallest absolute Gasteiger partial charge is 0.343 e. The standard InChI is InChI=1S/C26H27FN2O6/c27-19-9-8-17-21(24(19)35-23(16-6-7-16)20-10-26(33,14-30)13-29-20)28-11-18(22(17)31)25(32)34-12-15-4-2-1-3-5-15/h1-5,8-9,11,16,20,23,29-30,33H,6-7,10,12-14H2,(H,28,31)/t20-,23?,26-/m0/s1. The van der Waals surface area contributed by atoms with Gasteiger partial charge < -0.3 is 30.0 Å². The zero-order valence-electron chi connectivity index (χ0n) is 19.0. The van der Waals surface area contributed by atoms with E-state index < -0.39 is 28.9 Å². The molecule has 1 aliphatic heterocycles. The largest absolute Gasteiger partial charge is 0.483 e. The van der Waals surface area contributed by atoms with Gasteiger partial charge in [0.25, 0.3) is 0 Å². The average molecular weight is 483 g/mol. The number of rotatable bonds is 8. The Balaban J connectivity index is 1.41. The topological polar surface area (TPSA) is 121 Å². The Morgan fingerprint density at radius 1 is 1.20 bits per heavy atom. The fourth-order valence-corrected chi connectivity index (χ4v) is 4.61. The van der Waals surface area contributed by atoms with Gasteiger partial charge >= 0.3 is 5.97 Å². The Bertz CT molecular complexity index is 1290. The molecule has 9 heteroatoms. The van der Waals surface area contributed by atoms with E-state index >= 15 is 0 Å². The Morgan fingerprint density at radius 2 is 1.97 bits per heavy atom. The first-order valence-electron chi connectivity index (χ1n) is 11.7. The first-order chi connectivity index (χ1) is 16.9. The number of benzene rings is 2. The molecule has 2 fully saturated rings. The molecule has 8 nitrogen and oxygen atoms in total. The predicted molar refractivity (Wildman–Crippen MR) is 126 cm³/mol.